The van der Waals surface area contributed by atoms with E-state index in [1.54, 1.807) is 12.1 Å². The number of carbonyl (C=O) groups excluding carboxylic acids is 1. The summed E-state index contributed by atoms with van der Waals surface area (Å²) in [4.78, 5) is 10.8. The summed E-state index contributed by atoms with van der Waals surface area (Å²) in [6.45, 7) is 2.63. The monoisotopic (exact) mass is 270 g/mol. The summed E-state index contributed by atoms with van der Waals surface area (Å²) in [5.41, 5.74) is 2.60. The highest BCUT2D eigenvalue weighted by atomic mass is 16.5. The zero-order valence-electron chi connectivity index (χ0n) is 11.5. The minimum Gasteiger partial charge on any atom is -0.507 e. The molecule has 0 fully saturated rings. The molecule has 3 heteroatoms. The van der Waals surface area contributed by atoms with Crippen LogP contribution < -0.4 is 4.74 Å². The highest BCUT2D eigenvalue weighted by Crippen LogP contribution is 2.18. The molecule has 0 spiro atoms. The Morgan fingerprint density at radius 2 is 1.70 bits per heavy atom. The lowest BCUT2D eigenvalue weighted by Gasteiger charge is -2.06. The molecule has 0 saturated heterocycles. The van der Waals surface area contributed by atoms with Crippen LogP contribution in [0.4, 0.5) is 0 Å². The molecule has 104 valence electrons. The topological polar surface area (TPSA) is 46.5 Å². The molecule has 2 aromatic carbocycles. The van der Waals surface area contributed by atoms with Crippen molar-refractivity contribution >= 4 is 6.29 Å². The molecule has 20 heavy (non-hydrogen) atoms. The quantitative estimate of drug-likeness (QED) is 0.818. The summed E-state index contributed by atoms with van der Waals surface area (Å²) >= 11 is 0. The number of aromatic hydroxyl groups is 1. The SMILES string of the molecule is CCOc1ccc(CCc2ccc(O)c(C=O)c2)cc1. The van der Waals surface area contributed by atoms with Gasteiger partial charge < -0.3 is 9.84 Å². The highest BCUT2D eigenvalue weighted by Gasteiger charge is 2.02. The molecule has 0 aromatic heterocycles. The Hall–Kier alpha value is -2.29. The van der Waals surface area contributed by atoms with Gasteiger partial charge in [-0.2, -0.15) is 0 Å². The van der Waals surface area contributed by atoms with E-state index < -0.39 is 0 Å². The Balaban J connectivity index is 1.99. The Labute approximate surface area is 118 Å². The number of aryl methyl sites for hydroxylation is 2. The van der Waals surface area contributed by atoms with Crippen LogP contribution in [0, 0.1) is 0 Å². The Morgan fingerprint density at radius 3 is 2.35 bits per heavy atom. The fourth-order valence-electron chi connectivity index (χ4n) is 2.06. The van der Waals surface area contributed by atoms with E-state index in [4.69, 9.17) is 4.74 Å². The summed E-state index contributed by atoms with van der Waals surface area (Å²) < 4.78 is 5.40. The van der Waals surface area contributed by atoms with Gasteiger partial charge in [-0.25, -0.2) is 0 Å². The predicted octanol–water partition coefficient (Wildman–Crippen LogP) is 3.39. The maximum absolute atomic E-state index is 10.8. The van der Waals surface area contributed by atoms with Crippen molar-refractivity contribution in [2.45, 2.75) is 19.8 Å². The average molecular weight is 270 g/mol. The molecule has 0 aliphatic rings. The third-order valence-electron chi connectivity index (χ3n) is 3.16. The van der Waals surface area contributed by atoms with E-state index in [-0.39, 0.29) is 5.75 Å². The highest BCUT2D eigenvalue weighted by molar-refractivity contribution is 5.79. The molecule has 0 heterocycles. The van der Waals surface area contributed by atoms with Gasteiger partial charge in [-0.1, -0.05) is 18.2 Å². The van der Waals surface area contributed by atoms with Gasteiger partial charge in [-0.15, -0.1) is 0 Å². The van der Waals surface area contributed by atoms with Gasteiger partial charge in [0.15, 0.2) is 6.29 Å². The van der Waals surface area contributed by atoms with Crippen molar-refractivity contribution in [3.8, 4) is 11.5 Å². The van der Waals surface area contributed by atoms with Crippen molar-refractivity contribution in [3.63, 3.8) is 0 Å². The lowest BCUT2D eigenvalue weighted by molar-refractivity contribution is 0.112. The maximum atomic E-state index is 10.8. The van der Waals surface area contributed by atoms with Gasteiger partial charge in [0, 0.05) is 0 Å². The largest absolute Gasteiger partial charge is 0.507 e. The number of phenolic OH excluding ortho intramolecular Hbond substituents is 1. The molecule has 0 radical (unpaired) electrons. The van der Waals surface area contributed by atoms with Crippen molar-refractivity contribution in [2.75, 3.05) is 6.61 Å². The van der Waals surface area contributed by atoms with Crippen LogP contribution in [-0.4, -0.2) is 18.0 Å². The Bertz CT molecular complexity index is 573. The number of carbonyl (C=O) groups is 1. The molecule has 0 atom stereocenters. The van der Waals surface area contributed by atoms with Crippen molar-refractivity contribution in [3.05, 3.63) is 59.2 Å². The molecule has 0 aliphatic heterocycles. The Morgan fingerprint density at radius 1 is 1.05 bits per heavy atom. The van der Waals surface area contributed by atoms with E-state index >= 15 is 0 Å². The van der Waals surface area contributed by atoms with Crippen LogP contribution in [0.2, 0.25) is 0 Å². The molecule has 1 N–H and O–H groups in total. The average Bonchev–Trinajstić information content (AvgIpc) is 2.48. The van der Waals surface area contributed by atoms with Crippen molar-refractivity contribution in [2.24, 2.45) is 0 Å². The second kappa shape index (κ2) is 6.75. The van der Waals surface area contributed by atoms with Gasteiger partial charge in [0.1, 0.15) is 11.5 Å². The second-order valence-corrected chi connectivity index (χ2v) is 4.59. The van der Waals surface area contributed by atoms with Crippen molar-refractivity contribution in [1.29, 1.82) is 0 Å². The minimum atomic E-state index is 0.0322. The molecule has 0 amide bonds. The van der Waals surface area contributed by atoms with Crippen LogP contribution in [0.1, 0.15) is 28.4 Å². The third kappa shape index (κ3) is 3.60. The molecule has 0 saturated carbocycles. The number of rotatable bonds is 6. The van der Waals surface area contributed by atoms with Gasteiger partial charge in [0.05, 0.1) is 12.2 Å². The molecular weight excluding hydrogens is 252 g/mol. The first kappa shape index (κ1) is 14.1. The molecule has 2 aromatic rings. The van der Waals surface area contributed by atoms with Crippen LogP contribution in [-0.2, 0) is 12.8 Å². The molecule has 0 bridgehead atoms. The van der Waals surface area contributed by atoms with E-state index in [2.05, 4.69) is 0 Å². The van der Waals surface area contributed by atoms with Gasteiger partial charge in [0.2, 0.25) is 0 Å². The zero-order valence-corrected chi connectivity index (χ0v) is 11.5. The molecule has 2 rings (SSSR count). The number of benzene rings is 2. The van der Waals surface area contributed by atoms with E-state index in [1.165, 1.54) is 5.56 Å². The van der Waals surface area contributed by atoms with Gasteiger partial charge in [0.25, 0.3) is 0 Å². The second-order valence-electron chi connectivity index (χ2n) is 4.59. The van der Waals surface area contributed by atoms with Crippen LogP contribution >= 0.6 is 0 Å². The number of hydrogen-bond donors (Lipinski definition) is 1. The maximum Gasteiger partial charge on any atom is 0.153 e. The van der Waals surface area contributed by atoms with Gasteiger partial charge in [-0.05, 0) is 55.2 Å². The summed E-state index contributed by atoms with van der Waals surface area (Å²) in [5, 5.41) is 9.46. The first-order valence-corrected chi connectivity index (χ1v) is 6.71. The Kier molecular flexibility index (Phi) is 4.77. The third-order valence-corrected chi connectivity index (χ3v) is 3.16. The van der Waals surface area contributed by atoms with Crippen molar-refractivity contribution < 1.29 is 14.6 Å². The summed E-state index contributed by atoms with van der Waals surface area (Å²) in [6.07, 6.45) is 2.39. The zero-order chi connectivity index (χ0) is 14.4. The lowest BCUT2D eigenvalue weighted by Crippen LogP contribution is -1.94. The molecule has 0 aliphatic carbocycles. The summed E-state index contributed by atoms with van der Waals surface area (Å²) in [5.74, 6) is 0.911. The first-order valence-electron chi connectivity index (χ1n) is 6.71. The lowest BCUT2D eigenvalue weighted by atomic mass is 10.0. The van der Waals surface area contributed by atoms with Gasteiger partial charge in [-0.3, -0.25) is 4.79 Å². The minimum absolute atomic E-state index is 0.0322. The van der Waals surface area contributed by atoms with Crippen molar-refractivity contribution in [1.82, 2.24) is 0 Å². The van der Waals surface area contributed by atoms with E-state index in [9.17, 15) is 9.90 Å². The summed E-state index contributed by atoms with van der Waals surface area (Å²) in [7, 11) is 0. The normalized spacial score (nSPS) is 10.2. The van der Waals surface area contributed by atoms with Gasteiger partial charge >= 0.3 is 0 Å². The predicted molar refractivity (Wildman–Crippen MR) is 78.5 cm³/mol. The molecular formula is C17H18O3. The van der Waals surface area contributed by atoms with Crippen LogP contribution in [0.5, 0.6) is 11.5 Å². The number of hydrogen-bond acceptors (Lipinski definition) is 3. The first-order chi connectivity index (χ1) is 9.72. The number of ether oxygens (including phenoxy) is 1. The molecule has 0 unspecified atom stereocenters. The van der Waals surface area contributed by atoms with Crippen LogP contribution in [0.3, 0.4) is 0 Å². The van der Waals surface area contributed by atoms with E-state index in [1.807, 2.05) is 37.3 Å². The fourth-order valence-corrected chi connectivity index (χ4v) is 2.06. The fraction of sp³-hybridized carbons (Fsp3) is 0.235. The smallest absolute Gasteiger partial charge is 0.153 e. The van der Waals surface area contributed by atoms with E-state index in [0.29, 0.717) is 18.5 Å². The standard InChI is InChI=1S/C17H18O3/c1-2-20-16-8-5-13(6-9-16)3-4-14-7-10-17(19)15(11-14)12-18/h5-12,19H,2-4H2,1H3. The van der Waals surface area contributed by atoms with Crippen LogP contribution in [0.15, 0.2) is 42.5 Å². The summed E-state index contributed by atoms with van der Waals surface area (Å²) in [6, 6.07) is 13.2. The number of aldehydes is 1. The van der Waals surface area contributed by atoms with Crippen LogP contribution in [0.25, 0.3) is 0 Å². The molecule has 3 nitrogen and oxygen atoms in total. The van der Waals surface area contributed by atoms with E-state index in [0.717, 1.165) is 24.2 Å². The number of phenols is 1.